The second kappa shape index (κ2) is 10.5. The van der Waals surface area contributed by atoms with Crippen molar-refractivity contribution in [1.29, 1.82) is 0 Å². The number of halogens is 3. The molecule has 0 unspecified atom stereocenters. The van der Waals surface area contributed by atoms with Crippen LogP contribution in [0.1, 0.15) is 5.56 Å². The molecule has 0 aliphatic rings. The summed E-state index contributed by atoms with van der Waals surface area (Å²) >= 11 is 7.85. The third-order valence-electron chi connectivity index (χ3n) is 4.05. The van der Waals surface area contributed by atoms with E-state index in [1.807, 2.05) is 12.1 Å². The van der Waals surface area contributed by atoms with E-state index < -0.39 is 0 Å². The first-order chi connectivity index (χ1) is 12.5. The number of benzene rings is 2. The van der Waals surface area contributed by atoms with E-state index in [4.69, 9.17) is 32.5 Å². The molecule has 0 fully saturated rings. The van der Waals surface area contributed by atoms with Crippen LogP contribution in [0.15, 0.2) is 41.1 Å². The van der Waals surface area contributed by atoms with Crippen LogP contribution in [-0.4, -0.2) is 14.2 Å². The maximum atomic E-state index is 6.24. The third kappa shape index (κ3) is 5.08. The predicted molar refractivity (Wildman–Crippen MR) is 125 cm³/mol. The van der Waals surface area contributed by atoms with Gasteiger partial charge in [0.15, 0.2) is 0 Å². The Labute approximate surface area is 185 Å². The minimum Gasteiger partial charge on any atom is -0.495 e. The third-order valence-corrected chi connectivity index (χ3v) is 5.14. The van der Waals surface area contributed by atoms with E-state index in [0.717, 1.165) is 22.4 Å². The molecule has 3 rings (SSSR count). The van der Waals surface area contributed by atoms with Crippen LogP contribution in [0.3, 0.4) is 0 Å². The van der Waals surface area contributed by atoms with Gasteiger partial charge in [0.2, 0.25) is 0 Å². The van der Waals surface area contributed by atoms with Gasteiger partial charge in [-0.15, -0.1) is 24.8 Å². The zero-order valence-electron chi connectivity index (χ0n) is 15.3. The van der Waals surface area contributed by atoms with Crippen LogP contribution in [-0.2, 0) is 6.54 Å². The van der Waals surface area contributed by atoms with Crippen LogP contribution in [0.4, 0.5) is 17.1 Å². The monoisotopic (exact) mass is 461 g/mol. The fraction of sp³-hybridized carbons (Fsp3) is 0.158. The van der Waals surface area contributed by atoms with Gasteiger partial charge in [0.05, 0.1) is 24.9 Å². The lowest BCUT2D eigenvalue weighted by molar-refractivity contribution is 0.395. The topological polar surface area (TPSA) is 82.5 Å². The van der Waals surface area contributed by atoms with Crippen LogP contribution < -0.4 is 26.3 Å². The minimum absolute atomic E-state index is 0. The van der Waals surface area contributed by atoms with Crippen molar-refractivity contribution in [2.45, 2.75) is 6.54 Å². The van der Waals surface area contributed by atoms with E-state index in [-0.39, 0.29) is 24.8 Å². The number of rotatable bonds is 6. The molecule has 9 heteroatoms. The van der Waals surface area contributed by atoms with E-state index in [0.29, 0.717) is 34.4 Å². The molecule has 0 radical (unpaired) electrons. The lowest BCUT2D eigenvalue weighted by Gasteiger charge is -2.14. The predicted octanol–water partition coefficient (Wildman–Crippen LogP) is 5.71. The number of hydrogen-bond acceptors (Lipinski definition) is 6. The van der Waals surface area contributed by atoms with Gasteiger partial charge in [-0.25, -0.2) is 0 Å². The summed E-state index contributed by atoms with van der Waals surface area (Å²) in [5, 5.41) is 8.04. The lowest BCUT2D eigenvalue weighted by Crippen LogP contribution is -2.03. The van der Waals surface area contributed by atoms with Gasteiger partial charge in [-0.3, -0.25) is 0 Å². The summed E-state index contributed by atoms with van der Waals surface area (Å²) in [7, 11) is 3.18. The summed E-state index contributed by atoms with van der Waals surface area (Å²) in [6, 6.07) is 9.07. The summed E-state index contributed by atoms with van der Waals surface area (Å²) in [6.07, 6.45) is 0. The molecular formula is C19H22Cl3N3O2S. The van der Waals surface area contributed by atoms with E-state index in [1.165, 1.54) is 0 Å². The number of thiophene rings is 1. The van der Waals surface area contributed by atoms with Crippen molar-refractivity contribution >= 4 is 64.8 Å². The summed E-state index contributed by atoms with van der Waals surface area (Å²) in [5.74, 6) is 1.23. The molecule has 0 amide bonds. The Kier molecular flexibility index (Phi) is 9.04. The molecule has 0 aliphatic heterocycles. The van der Waals surface area contributed by atoms with Crippen LogP contribution in [0.5, 0.6) is 11.5 Å². The number of ether oxygens (including phenoxy) is 2. The van der Waals surface area contributed by atoms with Crippen LogP contribution in [0.25, 0.3) is 11.1 Å². The van der Waals surface area contributed by atoms with Crippen molar-refractivity contribution in [1.82, 2.24) is 0 Å². The molecular weight excluding hydrogens is 441 g/mol. The van der Waals surface area contributed by atoms with E-state index in [2.05, 4.69) is 16.1 Å². The van der Waals surface area contributed by atoms with Gasteiger partial charge in [-0.1, -0.05) is 11.6 Å². The van der Waals surface area contributed by atoms with Crippen molar-refractivity contribution in [2.75, 3.05) is 31.0 Å². The molecule has 5 nitrogen and oxygen atoms in total. The first kappa shape index (κ1) is 24.0. The quantitative estimate of drug-likeness (QED) is 0.409. The smallest absolute Gasteiger partial charge is 0.145 e. The highest BCUT2D eigenvalue weighted by atomic mass is 35.5. The normalized spacial score (nSPS) is 9.82. The Balaban J connectivity index is 0.00000196. The maximum Gasteiger partial charge on any atom is 0.145 e. The second-order valence-corrected chi connectivity index (χ2v) is 6.85. The van der Waals surface area contributed by atoms with E-state index >= 15 is 0 Å². The van der Waals surface area contributed by atoms with Crippen molar-refractivity contribution in [3.05, 3.63) is 51.7 Å². The Morgan fingerprint density at radius 1 is 0.964 bits per heavy atom. The summed E-state index contributed by atoms with van der Waals surface area (Å²) < 4.78 is 10.7. The molecule has 0 saturated carbocycles. The van der Waals surface area contributed by atoms with Gasteiger partial charge in [0.1, 0.15) is 11.5 Å². The highest BCUT2D eigenvalue weighted by Crippen LogP contribution is 2.37. The molecule has 0 bridgehead atoms. The highest BCUT2D eigenvalue weighted by Gasteiger charge is 2.13. The van der Waals surface area contributed by atoms with Gasteiger partial charge >= 0.3 is 0 Å². The van der Waals surface area contributed by atoms with Crippen molar-refractivity contribution < 1.29 is 9.47 Å². The molecule has 5 N–H and O–H groups in total. The molecule has 28 heavy (non-hydrogen) atoms. The lowest BCUT2D eigenvalue weighted by atomic mass is 10.0. The molecule has 0 aliphatic carbocycles. The highest BCUT2D eigenvalue weighted by molar-refractivity contribution is 7.08. The number of hydrogen-bond donors (Lipinski definition) is 3. The van der Waals surface area contributed by atoms with Crippen LogP contribution in [0, 0.1) is 0 Å². The van der Waals surface area contributed by atoms with Gasteiger partial charge in [0, 0.05) is 29.5 Å². The van der Waals surface area contributed by atoms with Crippen LogP contribution >= 0.6 is 47.8 Å². The van der Waals surface area contributed by atoms with Crippen molar-refractivity contribution in [3.8, 4) is 22.6 Å². The number of nitrogens with one attached hydrogen (secondary N) is 1. The van der Waals surface area contributed by atoms with Gasteiger partial charge < -0.3 is 26.3 Å². The molecule has 2 aromatic carbocycles. The molecule has 0 spiro atoms. The summed E-state index contributed by atoms with van der Waals surface area (Å²) in [5.41, 5.74) is 17.3. The summed E-state index contributed by atoms with van der Waals surface area (Å²) in [4.78, 5) is 0. The maximum absolute atomic E-state index is 6.24. The molecule has 152 valence electrons. The van der Waals surface area contributed by atoms with Crippen LogP contribution in [0.2, 0.25) is 5.02 Å². The Bertz CT molecular complexity index is 935. The molecule has 0 saturated heterocycles. The first-order valence-corrected chi connectivity index (χ1v) is 9.21. The number of nitrogens with two attached hydrogens (primary N) is 2. The zero-order valence-corrected chi connectivity index (χ0v) is 18.5. The summed E-state index contributed by atoms with van der Waals surface area (Å²) in [6.45, 7) is 0.589. The Morgan fingerprint density at radius 2 is 1.68 bits per heavy atom. The SMILES string of the molecule is COc1cc(OC)c(NCc2cscc2-c2cc(N)ccc2N)cc1Cl.Cl.Cl. The standard InChI is InChI=1S/C19H20ClN3O2S.2ClH/c1-24-18-7-19(25-2)17(6-15(18)20)23-8-11-9-26-10-14(11)13-5-12(21)3-4-16(13)22;;/h3-7,9-10,23H,8,21-22H2,1-2H3;2*1H. The number of methoxy groups -OCH3 is 2. The Hall–Kier alpha value is -1.99. The molecule has 1 heterocycles. The first-order valence-electron chi connectivity index (χ1n) is 7.89. The van der Waals surface area contributed by atoms with Crippen molar-refractivity contribution in [3.63, 3.8) is 0 Å². The fourth-order valence-corrected chi connectivity index (χ4v) is 3.79. The van der Waals surface area contributed by atoms with E-state index in [9.17, 15) is 0 Å². The second-order valence-electron chi connectivity index (χ2n) is 5.70. The zero-order chi connectivity index (χ0) is 18.7. The number of nitrogen functional groups attached to an aromatic ring is 2. The number of anilines is 3. The molecule has 3 aromatic rings. The van der Waals surface area contributed by atoms with Gasteiger partial charge in [-0.05, 0) is 46.2 Å². The van der Waals surface area contributed by atoms with Crippen molar-refractivity contribution in [2.24, 2.45) is 0 Å². The average molecular weight is 463 g/mol. The van der Waals surface area contributed by atoms with Gasteiger partial charge in [0.25, 0.3) is 0 Å². The molecule has 1 aromatic heterocycles. The largest absolute Gasteiger partial charge is 0.495 e. The Morgan fingerprint density at radius 3 is 2.36 bits per heavy atom. The molecule has 0 atom stereocenters. The minimum atomic E-state index is 0. The average Bonchev–Trinajstić information content (AvgIpc) is 3.10. The fourth-order valence-electron chi connectivity index (χ4n) is 2.69. The van der Waals surface area contributed by atoms with Gasteiger partial charge in [-0.2, -0.15) is 11.3 Å². The van der Waals surface area contributed by atoms with E-state index in [1.54, 1.807) is 43.8 Å².